The molecule has 0 saturated carbocycles. The minimum absolute atomic E-state index is 0.0587. The van der Waals surface area contributed by atoms with Gasteiger partial charge in [0.1, 0.15) is 12.1 Å². The fourth-order valence-corrected chi connectivity index (χ4v) is 7.73. The maximum absolute atomic E-state index is 13.2. The predicted molar refractivity (Wildman–Crippen MR) is 158 cm³/mol. The molecule has 2 rings (SSSR count). The van der Waals surface area contributed by atoms with Crippen molar-refractivity contribution in [2.75, 3.05) is 18.8 Å². The first-order valence-electron chi connectivity index (χ1n) is 13.5. The molecule has 40 heavy (non-hydrogen) atoms. The van der Waals surface area contributed by atoms with Crippen molar-refractivity contribution in [2.45, 2.75) is 76.6 Å². The van der Waals surface area contributed by atoms with Gasteiger partial charge in [-0.1, -0.05) is 54.8 Å². The van der Waals surface area contributed by atoms with Gasteiger partial charge in [0.15, 0.2) is 0 Å². The number of amides is 4. The number of hydrogen-bond donors (Lipinski definition) is 4. The van der Waals surface area contributed by atoms with Gasteiger partial charge in [-0.3, -0.25) is 24.0 Å². The van der Waals surface area contributed by atoms with Gasteiger partial charge in [0.05, 0.1) is 16.4 Å². The number of halogens is 1. The first-order valence-corrected chi connectivity index (χ1v) is 16.6. The first kappa shape index (κ1) is 33.8. The molecule has 2 unspecified atom stereocenters. The second-order valence-corrected chi connectivity index (χ2v) is 13.9. The monoisotopic (exact) mass is 614 g/mol. The van der Waals surface area contributed by atoms with Crippen LogP contribution in [0.2, 0.25) is 5.02 Å². The lowest BCUT2D eigenvalue weighted by atomic mass is 9.99. The molecule has 0 bridgehead atoms. The van der Waals surface area contributed by atoms with Gasteiger partial charge in [-0.2, -0.15) is 0 Å². The predicted octanol–water partition coefficient (Wildman–Crippen LogP) is 2.06. The molecule has 4 atom stereocenters. The molecular weight excluding hydrogens is 576 g/mol. The third kappa shape index (κ3) is 11.6. The van der Waals surface area contributed by atoms with Crippen molar-refractivity contribution in [3.63, 3.8) is 0 Å². The zero-order valence-corrected chi connectivity index (χ0v) is 25.5. The lowest BCUT2D eigenvalue weighted by Gasteiger charge is -2.25. The van der Waals surface area contributed by atoms with E-state index in [1.807, 2.05) is 0 Å². The molecule has 0 aliphatic carbocycles. The van der Waals surface area contributed by atoms with Gasteiger partial charge >= 0.3 is 0 Å². The van der Waals surface area contributed by atoms with Crippen LogP contribution in [0.4, 0.5) is 0 Å². The lowest BCUT2D eigenvalue weighted by Crippen LogP contribution is -2.57. The minimum Gasteiger partial charge on any atom is -0.350 e. The van der Waals surface area contributed by atoms with E-state index in [9.17, 15) is 28.2 Å². The van der Waals surface area contributed by atoms with Crippen LogP contribution in [-0.2, 0) is 40.2 Å². The molecule has 13 heteroatoms. The van der Waals surface area contributed by atoms with E-state index >= 15 is 0 Å². The number of unbranched alkanes of at least 4 members (excludes halogenated alkanes) is 1. The zero-order chi connectivity index (χ0) is 29.7. The SMILES string of the molecule is CCNC(=O)C(=O)[C@H](Cc1ccc(Cl)cc1)NC(=O)[C@@H](NC(=O)CNC(=O)CCCCC1CCSS1=O)C(C)C. The Morgan fingerprint density at radius 1 is 1.02 bits per heavy atom. The van der Waals surface area contributed by atoms with Gasteiger partial charge in [0.2, 0.25) is 23.5 Å². The van der Waals surface area contributed by atoms with Crippen molar-refractivity contribution in [1.29, 1.82) is 0 Å². The molecule has 1 aliphatic rings. The summed E-state index contributed by atoms with van der Waals surface area (Å²) in [7, 11) is 0.646. The number of carbonyl (C=O) groups excluding carboxylic acids is 5. The molecule has 0 spiro atoms. The van der Waals surface area contributed by atoms with E-state index in [1.54, 1.807) is 45.0 Å². The Hall–Kier alpha value is -2.44. The third-order valence-corrected chi connectivity index (χ3v) is 10.3. The number of likely N-dealkylation sites (N-methyl/N-ethyl adjacent to an activating group) is 1. The number of ketones is 1. The van der Waals surface area contributed by atoms with E-state index in [0.717, 1.165) is 25.0 Å². The van der Waals surface area contributed by atoms with E-state index in [1.165, 1.54) is 10.8 Å². The van der Waals surface area contributed by atoms with Crippen LogP contribution in [0.15, 0.2) is 24.3 Å². The molecule has 4 N–H and O–H groups in total. The fraction of sp³-hybridized carbons (Fsp3) is 0.593. The van der Waals surface area contributed by atoms with Crippen molar-refractivity contribution in [1.82, 2.24) is 21.3 Å². The Labute approximate surface area is 246 Å². The topological polar surface area (TPSA) is 151 Å². The third-order valence-electron chi connectivity index (χ3n) is 6.35. The number of nitrogens with one attached hydrogen (secondary N) is 4. The van der Waals surface area contributed by atoms with Gasteiger partial charge in [-0.05, 0) is 49.8 Å². The van der Waals surface area contributed by atoms with E-state index in [4.69, 9.17) is 11.6 Å². The standard InChI is InChI=1S/C27H39ClN4O6S2/c1-4-29-27(37)25(35)21(15-18-9-11-19(28)12-10-18)31-26(36)24(17(2)3)32-23(34)16-30-22(33)8-6-5-7-20-13-14-39-40(20)38/h9-12,17,20-21,24H,4-8,13-16H2,1-3H3,(H,29,37)(H,30,33)(H,31,36)(H,32,34)/t20?,21-,24-,40?/m0/s1. The number of Topliss-reactive ketones (excluding diaryl/α,β-unsaturated/α-hetero) is 1. The lowest BCUT2D eigenvalue weighted by molar-refractivity contribution is -0.140. The van der Waals surface area contributed by atoms with Crippen LogP contribution in [0, 0.1) is 5.92 Å². The molecule has 0 radical (unpaired) electrons. The molecule has 1 saturated heterocycles. The van der Waals surface area contributed by atoms with Gasteiger partial charge in [-0.25, -0.2) is 4.21 Å². The summed E-state index contributed by atoms with van der Waals surface area (Å²) >= 11 is 5.94. The highest BCUT2D eigenvalue weighted by atomic mass is 35.5. The maximum Gasteiger partial charge on any atom is 0.289 e. The van der Waals surface area contributed by atoms with E-state index in [0.29, 0.717) is 17.0 Å². The summed E-state index contributed by atoms with van der Waals surface area (Å²) in [4.78, 5) is 63.0. The average Bonchev–Trinajstić information content (AvgIpc) is 3.33. The van der Waals surface area contributed by atoms with Crippen LogP contribution in [0.1, 0.15) is 58.4 Å². The molecular formula is C27H39ClN4O6S2. The molecule has 1 aliphatic heterocycles. The van der Waals surface area contributed by atoms with Crippen LogP contribution in [0.5, 0.6) is 0 Å². The van der Waals surface area contributed by atoms with Crippen molar-refractivity contribution in [2.24, 2.45) is 5.92 Å². The van der Waals surface area contributed by atoms with Crippen LogP contribution in [-0.4, -0.2) is 69.8 Å². The van der Waals surface area contributed by atoms with Crippen LogP contribution >= 0.6 is 22.4 Å². The quantitative estimate of drug-likeness (QED) is 0.126. The smallest absolute Gasteiger partial charge is 0.289 e. The molecule has 1 aromatic carbocycles. The Morgan fingerprint density at radius 2 is 1.73 bits per heavy atom. The molecule has 1 fully saturated rings. The molecule has 1 heterocycles. The molecule has 10 nitrogen and oxygen atoms in total. The summed E-state index contributed by atoms with van der Waals surface area (Å²) in [6.07, 6.45) is 3.50. The van der Waals surface area contributed by atoms with E-state index in [-0.39, 0.29) is 43.0 Å². The van der Waals surface area contributed by atoms with Crippen LogP contribution in [0.25, 0.3) is 0 Å². The number of carbonyl (C=O) groups is 5. The van der Waals surface area contributed by atoms with Crippen LogP contribution < -0.4 is 21.3 Å². The van der Waals surface area contributed by atoms with Crippen molar-refractivity contribution in [3.05, 3.63) is 34.9 Å². The summed E-state index contributed by atoms with van der Waals surface area (Å²) < 4.78 is 11.8. The second kappa shape index (κ2) is 17.4. The zero-order valence-electron chi connectivity index (χ0n) is 23.1. The van der Waals surface area contributed by atoms with Gasteiger partial charge in [0.25, 0.3) is 5.91 Å². The van der Waals surface area contributed by atoms with Gasteiger partial charge < -0.3 is 21.3 Å². The molecule has 4 amide bonds. The molecule has 1 aromatic rings. The van der Waals surface area contributed by atoms with Crippen molar-refractivity contribution < 1.29 is 28.2 Å². The van der Waals surface area contributed by atoms with E-state index < -0.39 is 45.4 Å². The fourth-order valence-electron chi connectivity index (χ4n) is 4.11. The summed E-state index contributed by atoms with van der Waals surface area (Å²) in [5, 5.41) is 11.0. The molecule has 222 valence electrons. The van der Waals surface area contributed by atoms with E-state index in [2.05, 4.69) is 21.3 Å². The Balaban J connectivity index is 1.90. The van der Waals surface area contributed by atoms with Crippen LogP contribution in [0.3, 0.4) is 0 Å². The summed E-state index contributed by atoms with van der Waals surface area (Å²) in [6.45, 7) is 5.10. The minimum atomic E-state index is -1.15. The highest BCUT2D eigenvalue weighted by molar-refractivity contribution is 8.69. The summed E-state index contributed by atoms with van der Waals surface area (Å²) in [5.74, 6) is -2.49. The Bertz CT molecular complexity index is 1070. The largest absolute Gasteiger partial charge is 0.350 e. The van der Waals surface area contributed by atoms with Crippen molar-refractivity contribution >= 4 is 61.6 Å². The Morgan fingerprint density at radius 3 is 2.33 bits per heavy atom. The van der Waals surface area contributed by atoms with Gasteiger partial charge in [0, 0.05) is 35.4 Å². The number of hydrogen-bond acceptors (Lipinski definition) is 7. The summed E-state index contributed by atoms with van der Waals surface area (Å²) in [5.41, 5.74) is 0.690. The highest BCUT2D eigenvalue weighted by Gasteiger charge is 2.31. The number of benzene rings is 1. The first-order chi connectivity index (χ1) is 19.0. The number of rotatable bonds is 16. The van der Waals surface area contributed by atoms with Gasteiger partial charge in [-0.15, -0.1) is 0 Å². The maximum atomic E-state index is 13.2. The molecule has 0 aromatic heterocycles. The second-order valence-electron chi connectivity index (χ2n) is 9.92. The summed E-state index contributed by atoms with van der Waals surface area (Å²) in [6, 6.07) is 4.54. The normalized spacial score (nSPS) is 18.0. The Kier molecular flexibility index (Phi) is 14.7. The van der Waals surface area contributed by atoms with Crippen molar-refractivity contribution in [3.8, 4) is 0 Å². The highest BCUT2D eigenvalue weighted by Crippen LogP contribution is 2.29. The average molecular weight is 615 g/mol.